The Labute approximate surface area is 114 Å². The molecule has 1 fully saturated rings. The number of halogens is 2. The summed E-state index contributed by atoms with van der Waals surface area (Å²) < 4.78 is 27.3. The molecule has 0 aromatic carbocycles. The number of aromatic nitrogens is 1. The highest BCUT2D eigenvalue weighted by molar-refractivity contribution is 6.06. The molecule has 8 heteroatoms. The molecule has 0 bridgehead atoms. The van der Waals surface area contributed by atoms with Gasteiger partial charge in [-0.05, 0) is 13.8 Å². The summed E-state index contributed by atoms with van der Waals surface area (Å²) in [6.07, 6.45) is 0. The zero-order valence-corrected chi connectivity index (χ0v) is 11.3. The Kier molecular flexibility index (Phi) is 3.33. The van der Waals surface area contributed by atoms with Gasteiger partial charge in [0.1, 0.15) is 5.54 Å². The first-order chi connectivity index (χ1) is 9.27. The Hall–Kier alpha value is -2.25. The number of amides is 2. The fourth-order valence-electron chi connectivity index (χ4n) is 1.94. The number of nitrogens with one attached hydrogen (secondary N) is 2. The minimum Gasteiger partial charge on any atom is -0.371 e. The molecule has 1 aliphatic heterocycles. The maximum Gasteiger partial charge on any atom is 0.251 e. The van der Waals surface area contributed by atoms with Crippen molar-refractivity contribution >= 4 is 23.5 Å². The lowest BCUT2D eigenvalue weighted by atomic mass is 9.98. The molecule has 1 aromatic rings. The van der Waals surface area contributed by atoms with E-state index in [-0.39, 0.29) is 18.2 Å². The van der Waals surface area contributed by atoms with Crippen molar-refractivity contribution in [2.24, 2.45) is 0 Å². The molecular weight excluding hydrogens is 270 g/mol. The summed E-state index contributed by atoms with van der Waals surface area (Å²) in [6.45, 7) is 2.81. The van der Waals surface area contributed by atoms with E-state index in [1.165, 1.54) is 25.8 Å². The van der Waals surface area contributed by atoms with Gasteiger partial charge < -0.3 is 10.2 Å². The van der Waals surface area contributed by atoms with Crippen LogP contribution in [0.5, 0.6) is 0 Å². The molecule has 0 atom stereocenters. The van der Waals surface area contributed by atoms with Crippen LogP contribution >= 0.6 is 0 Å². The SMILES string of the molecule is CNc1nc(N2CC(=O)NC(=O)C2(C)C)c(F)cc1F. The summed E-state index contributed by atoms with van der Waals surface area (Å²) in [5.74, 6) is -3.31. The number of nitrogens with zero attached hydrogens (tertiary/aromatic N) is 2. The third kappa shape index (κ3) is 2.17. The predicted octanol–water partition coefficient (Wildman–Crippen LogP) is 0.643. The van der Waals surface area contributed by atoms with Gasteiger partial charge >= 0.3 is 0 Å². The molecule has 0 radical (unpaired) electrons. The molecule has 1 aromatic heterocycles. The normalized spacial score (nSPS) is 17.9. The average Bonchev–Trinajstić information content (AvgIpc) is 2.35. The number of rotatable bonds is 2. The zero-order valence-electron chi connectivity index (χ0n) is 11.3. The van der Waals surface area contributed by atoms with Gasteiger partial charge in [-0.3, -0.25) is 14.9 Å². The quantitative estimate of drug-likeness (QED) is 0.780. The van der Waals surface area contributed by atoms with Gasteiger partial charge in [0.05, 0.1) is 6.54 Å². The Morgan fingerprint density at radius 1 is 1.35 bits per heavy atom. The lowest BCUT2D eigenvalue weighted by molar-refractivity contribution is -0.135. The van der Waals surface area contributed by atoms with E-state index in [1.54, 1.807) is 0 Å². The second-order valence-electron chi connectivity index (χ2n) is 4.90. The van der Waals surface area contributed by atoms with Crippen molar-refractivity contribution in [2.75, 3.05) is 23.8 Å². The van der Waals surface area contributed by atoms with Gasteiger partial charge in [-0.2, -0.15) is 0 Å². The Morgan fingerprint density at radius 3 is 2.60 bits per heavy atom. The molecule has 0 spiro atoms. The molecule has 2 N–H and O–H groups in total. The van der Waals surface area contributed by atoms with Crippen molar-refractivity contribution in [3.63, 3.8) is 0 Å². The summed E-state index contributed by atoms with van der Waals surface area (Å²) >= 11 is 0. The average molecular weight is 284 g/mol. The van der Waals surface area contributed by atoms with E-state index in [4.69, 9.17) is 0 Å². The first kappa shape index (κ1) is 14.2. The van der Waals surface area contributed by atoms with Crippen LogP contribution in [0.1, 0.15) is 13.8 Å². The monoisotopic (exact) mass is 284 g/mol. The number of carbonyl (C=O) groups excluding carboxylic acids is 2. The summed E-state index contributed by atoms with van der Waals surface area (Å²) in [5.41, 5.74) is -1.18. The van der Waals surface area contributed by atoms with E-state index < -0.39 is 29.0 Å². The van der Waals surface area contributed by atoms with Gasteiger partial charge in [-0.15, -0.1) is 0 Å². The fraction of sp³-hybridized carbons (Fsp3) is 0.417. The van der Waals surface area contributed by atoms with Crippen LogP contribution in [0.15, 0.2) is 6.07 Å². The van der Waals surface area contributed by atoms with Crippen molar-refractivity contribution in [2.45, 2.75) is 19.4 Å². The summed E-state index contributed by atoms with van der Waals surface area (Å²) in [7, 11) is 1.44. The van der Waals surface area contributed by atoms with Gasteiger partial charge in [0.25, 0.3) is 5.91 Å². The number of pyridine rings is 1. The van der Waals surface area contributed by atoms with E-state index in [2.05, 4.69) is 15.6 Å². The molecule has 0 unspecified atom stereocenters. The Balaban J connectivity index is 2.54. The number of imide groups is 1. The standard InChI is InChI=1S/C12H14F2N4O2/c1-12(2)11(20)16-8(19)5-18(12)10-7(14)4-6(13)9(15-3)17-10/h4H,5H2,1-3H3,(H,15,17)(H,16,19,20). The van der Waals surface area contributed by atoms with Crippen LogP contribution in [0.2, 0.25) is 0 Å². The van der Waals surface area contributed by atoms with Gasteiger partial charge in [0.2, 0.25) is 5.91 Å². The lowest BCUT2D eigenvalue weighted by Crippen LogP contribution is -2.64. The fourth-order valence-corrected chi connectivity index (χ4v) is 1.94. The predicted molar refractivity (Wildman–Crippen MR) is 68.3 cm³/mol. The van der Waals surface area contributed by atoms with Gasteiger partial charge in [-0.25, -0.2) is 13.8 Å². The number of anilines is 2. The maximum atomic E-state index is 13.9. The van der Waals surface area contributed by atoms with Crippen molar-refractivity contribution in [1.82, 2.24) is 10.3 Å². The first-order valence-corrected chi connectivity index (χ1v) is 5.93. The third-order valence-electron chi connectivity index (χ3n) is 3.19. The van der Waals surface area contributed by atoms with Crippen molar-refractivity contribution < 1.29 is 18.4 Å². The Bertz CT molecular complexity index is 589. The summed E-state index contributed by atoms with van der Waals surface area (Å²) in [5, 5.41) is 4.66. The molecule has 2 heterocycles. The second-order valence-corrected chi connectivity index (χ2v) is 4.90. The van der Waals surface area contributed by atoms with Crippen LogP contribution < -0.4 is 15.5 Å². The summed E-state index contributed by atoms with van der Waals surface area (Å²) in [6, 6.07) is 0.668. The molecule has 0 saturated carbocycles. The number of hydrogen-bond donors (Lipinski definition) is 2. The zero-order chi connectivity index (χ0) is 15.1. The highest BCUT2D eigenvalue weighted by atomic mass is 19.1. The molecule has 1 saturated heterocycles. The molecule has 2 rings (SSSR count). The highest BCUT2D eigenvalue weighted by Crippen LogP contribution is 2.29. The van der Waals surface area contributed by atoms with E-state index >= 15 is 0 Å². The molecular formula is C12H14F2N4O2. The topological polar surface area (TPSA) is 74.3 Å². The van der Waals surface area contributed by atoms with Gasteiger partial charge in [0, 0.05) is 13.1 Å². The molecule has 0 aliphatic carbocycles. The van der Waals surface area contributed by atoms with Crippen molar-refractivity contribution in [1.29, 1.82) is 0 Å². The minimum absolute atomic E-state index is 0.157. The van der Waals surface area contributed by atoms with Gasteiger partial charge in [-0.1, -0.05) is 0 Å². The van der Waals surface area contributed by atoms with Crippen molar-refractivity contribution in [3.8, 4) is 0 Å². The molecule has 6 nitrogen and oxygen atoms in total. The number of hydrogen-bond acceptors (Lipinski definition) is 5. The molecule has 108 valence electrons. The second kappa shape index (κ2) is 4.69. The summed E-state index contributed by atoms with van der Waals surface area (Å²) in [4.78, 5) is 28.3. The van der Waals surface area contributed by atoms with Gasteiger partial charge in [0.15, 0.2) is 23.3 Å². The third-order valence-corrected chi connectivity index (χ3v) is 3.19. The van der Waals surface area contributed by atoms with Crippen LogP contribution in [0.4, 0.5) is 20.4 Å². The number of piperazine rings is 1. The maximum absolute atomic E-state index is 13.9. The van der Waals surface area contributed by atoms with Crippen LogP contribution in [0, 0.1) is 11.6 Å². The smallest absolute Gasteiger partial charge is 0.251 e. The molecule has 1 aliphatic rings. The number of carbonyl (C=O) groups is 2. The largest absolute Gasteiger partial charge is 0.371 e. The van der Waals surface area contributed by atoms with Crippen LogP contribution in [-0.2, 0) is 9.59 Å². The van der Waals surface area contributed by atoms with E-state index in [9.17, 15) is 18.4 Å². The minimum atomic E-state index is -1.18. The van der Waals surface area contributed by atoms with E-state index in [1.807, 2.05) is 0 Å². The molecule has 2 amide bonds. The van der Waals surface area contributed by atoms with Crippen LogP contribution in [0.3, 0.4) is 0 Å². The lowest BCUT2D eigenvalue weighted by Gasteiger charge is -2.41. The Morgan fingerprint density at radius 2 is 2.00 bits per heavy atom. The first-order valence-electron chi connectivity index (χ1n) is 5.93. The van der Waals surface area contributed by atoms with Crippen molar-refractivity contribution in [3.05, 3.63) is 17.7 Å². The van der Waals surface area contributed by atoms with Crippen LogP contribution in [-0.4, -0.2) is 35.9 Å². The van der Waals surface area contributed by atoms with E-state index in [0.717, 1.165) is 0 Å². The van der Waals surface area contributed by atoms with E-state index in [0.29, 0.717) is 6.07 Å². The highest BCUT2D eigenvalue weighted by Gasteiger charge is 2.42. The van der Waals surface area contributed by atoms with Crippen LogP contribution in [0.25, 0.3) is 0 Å². The molecule has 20 heavy (non-hydrogen) atoms.